The molecule has 0 aromatic carbocycles. The van der Waals surface area contributed by atoms with E-state index < -0.39 is 38.8 Å². The number of hydrogen-bond acceptors (Lipinski definition) is 7. The lowest BCUT2D eigenvalue weighted by atomic mass is 10.0. The van der Waals surface area contributed by atoms with Crippen LogP contribution in [0.1, 0.15) is 129 Å². The van der Waals surface area contributed by atoms with E-state index >= 15 is 0 Å². The van der Waals surface area contributed by atoms with E-state index in [2.05, 4.69) is 19.2 Å². The first-order valence-corrected chi connectivity index (χ1v) is 22.7. The molecule has 322 valence electrons. The van der Waals surface area contributed by atoms with Gasteiger partial charge in [0.1, 0.15) is 13.2 Å². The fourth-order valence-corrected chi connectivity index (χ4v) is 6.10. The van der Waals surface area contributed by atoms with Crippen molar-refractivity contribution in [1.82, 2.24) is 5.32 Å². The van der Waals surface area contributed by atoms with Crippen LogP contribution in [0.4, 0.5) is 0 Å². The summed E-state index contributed by atoms with van der Waals surface area (Å²) in [5.41, 5.74) is 0. The fraction of sp³-hybridized carbons (Fsp3) is 0.667. The van der Waals surface area contributed by atoms with Gasteiger partial charge >= 0.3 is 7.82 Å². The van der Waals surface area contributed by atoms with Crippen molar-refractivity contribution in [2.24, 2.45) is 0 Å². The molecule has 0 fully saturated rings. The van der Waals surface area contributed by atoms with Crippen molar-refractivity contribution in [3.8, 4) is 0 Å². The third kappa shape index (κ3) is 37.2. The Hall–Kier alpha value is -2.40. The average Bonchev–Trinajstić information content (AvgIpc) is 3.13. The van der Waals surface area contributed by atoms with E-state index in [-0.39, 0.29) is 18.9 Å². The van der Waals surface area contributed by atoms with E-state index in [1.54, 1.807) is 30.4 Å². The number of rotatable bonds is 36. The van der Waals surface area contributed by atoms with Crippen molar-refractivity contribution in [3.05, 3.63) is 85.1 Å². The topological polar surface area (TPSA) is 146 Å². The summed E-state index contributed by atoms with van der Waals surface area (Å²) in [6.45, 7) is 4.42. The highest BCUT2D eigenvalue weighted by Gasteiger charge is 2.27. The number of carbonyl (C=O) groups excluding carboxylic acids is 1. The molecular weight excluding hydrogens is 727 g/mol. The van der Waals surface area contributed by atoms with Crippen molar-refractivity contribution >= 4 is 13.7 Å². The van der Waals surface area contributed by atoms with Gasteiger partial charge in [-0.1, -0.05) is 163 Å². The SMILES string of the molecule is CC/C=C\C[C@H](O)/C=C/C=C\C/C=C\C=C\[C@H](O)/C=C\CCCC(=O)N[C@@H](COP(=O)(O)OCC[N+](C)(C)C)[C@H](O)/C=C/CCCCCCCCCCCCC. The van der Waals surface area contributed by atoms with Crippen molar-refractivity contribution in [2.75, 3.05) is 40.9 Å². The van der Waals surface area contributed by atoms with E-state index in [9.17, 15) is 29.6 Å². The summed E-state index contributed by atoms with van der Waals surface area (Å²) < 4.78 is 23.4. The summed E-state index contributed by atoms with van der Waals surface area (Å²) in [6, 6.07) is -0.938. The molecule has 0 spiro atoms. The van der Waals surface area contributed by atoms with Crippen LogP contribution >= 0.6 is 7.82 Å². The lowest BCUT2D eigenvalue weighted by Crippen LogP contribution is -2.45. The van der Waals surface area contributed by atoms with E-state index in [4.69, 9.17) is 9.05 Å². The van der Waals surface area contributed by atoms with Crippen molar-refractivity contribution in [1.29, 1.82) is 0 Å². The first kappa shape index (κ1) is 53.6. The molecule has 0 aromatic rings. The third-order valence-electron chi connectivity index (χ3n) is 8.80. The minimum Gasteiger partial charge on any atom is -0.389 e. The molecule has 1 unspecified atom stereocenters. The van der Waals surface area contributed by atoms with E-state index in [1.165, 1.54) is 57.8 Å². The summed E-state index contributed by atoms with van der Waals surface area (Å²) in [5.74, 6) is -0.320. The van der Waals surface area contributed by atoms with Gasteiger partial charge in [-0.25, -0.2) is 4.57 Å². The number of unbranched alkanes of at least 4 members (excludes halogenated alkanes) is 12. The smallest absolute Gasteiger partial charge is 0.389 e. The van der Waals surface area contributed by atoms with E-state index in [0.717, 1.165) is 32.1 Å². The Labute approximate surface area is 341 Å². The van der Waals surface area contributed by atoms with Crippen LogP contribution < -0.4 is 5.32 Å². The quantitative estimate of drug-likeness (QED) is 0.0139. The van der Waals surface area contributed by atoms with Gasteiger partial charge < -0.3 is 30.0 Å². The normalized spacial score (nSPS) is 16.4. The number of aliphatic hydroxyl groups excluding tert-OH is 3. The standard InChI is InChI=1S/C45H79N2O8P/c1-6-8-10-11-12-13-14-15-16-17-21-24-30-36-44(50)43(40-55-56(52,53)54-39-38-47(3,4)5)46-45(51)37-31-25-29-35-42(49)34-28-23-20-18-19-22-27-33-41(48)32-26-9-7-2/h9,19-20,22-23,26-30,33-36,41-44,48-50H,6-8,10-18,21,24-25,31-32,37-40H2,1-5H3,(H-,46,51,52,53)/p+1/b22-19-,23-20-,26-9-,33-27+,34-28+,35-29-,36-30+/t41-,42-,43-,44+/m0/s1. The van der Waals surface area contributed by atoms with Crippen LogP contribution in [-0.4, -0.2) is 95.9 Å². The lowest BCUT2D eigenvalue weighted by molar-refractivity contribution is -0.870. The van der Waals surface area contributed by atoms with Gasteiger partial charge in [0.05, 0.1) is 52.1 Å². The van der Waals surface area contributed by atoms with Gasteiger partial charge in [-0.3, -0.25) is 13.8 Å². The second-order valence-electron chi connectivity index (χ2n) is 15.4. The van der Waals surface area contributed by atoms with Crippen molar-refractivity contribution < 1.29 is 43.1 Å². The molecule has 56 heavy (non-hydrogen) atoms. The molecule has 0 aliphatic rings. The van der Waals surface area contributed by atoms with Crippen LogP contribution in [-0.2, 0) is 18.4 Å². The molecule has 0 radical (unpaired) electrons. The second-order valence-corrected chi connectivity index (χ2v) is 16.8. The molecule has 0 heterocycles. The summed E-state index contributed by atoms with van der Waals surface area (Å²) in [6.07, 6.45) is 41.5. The molecule has 0 saturated heterocycles. The average molecular weight is 808 g/mol. The van der Waals surface area contributed by atoms with Gasteiger partial charge in [-0.05, 0) is 44.9 Å². The number of nitrogens with zero attached hydrogens (tertiary/aromatic N) is 1. The number of allylic oxidation sites excluding steroid dienone is 9. The molecule has 0 aliphatic heterocycles. The highest BCUT2D eigenvalue weighted by atomic mass is 31.2. The van der Waals surface area contributed by atoms with Crippen LogP contribution in [0.15, 0.2) is 85.1 Å². The Morgan fingerprint density at radius 1 is 0.696 bits per heavy atom. The van der Waals surface area contributed by atoms with E-state index in [1.807, 2.05) is 75.8 Å². The van der Waals surface area contributed by atoms with Crippen LogP contribution in [0.5, 0.6) is 0 Å². The van der Waals surface area contributed by atoms with Crippen LogP contribution in [0.25, 0.3) is 0 Å². The maximum Gasteiger partial charge on any atom is 0.472 e. The number of carbonyl (C=O) groups is 1. The zero-order chi connectivity index (χ0) is 41.8. The zero-order valence-corrected chi connectivity index (χ0v) is 36.5. The first-order valence-electron chi connectivity index (χ1n) is 21.2. The predicted octanol–water partition coefficient (Wildman–Crippen LogP) is 9.35. The number of phosphoric ester groups is 1. The molecule has 0 rings (SSSR count). The number of likely N-dealkylation sites (N-methyl/N-ethyl adjacent to an activating group) is 1. The van der Waals surface area contributed by atoms with Crippen LogP contribution in [0.2, 0.25) is 0 Å². The highest BCUT2D eigenvalue weighted by molar-refractivity contribution is 7.47. The molecule has 0 aliphatic carbocycles. The van der Waals surface area contributed by atoms with Gasteiger partial charge in [-0.15, -0.1) is 0 Å². The number of phosphoric acid groups is 1. The number of hydrogen-bond donors (Lipinski definition) is 5. The lowest BCUT2D eigenvalue weighted by Gasteiger charge is -2.25. The van der Waals surface area contributed by atoms with Gasteiger partial charge in [0, 0.05) is 6.42 Å². The number of nitrogens with one attached hydrogen (secondary N) is 1. The second kappa shape index (κ2) is 35.7. The van der Waals surface area contributed by atoms with Gasteiger partial charge in [-0.2, -0.15) is 0 Å². The maximum atomic E-state index is 12.8. The van der Waals surface area contributed by atoms with E-state index in [0.29, 0.717) is 30.3 Å². The Balaban J connectivity index is 4.76. The zero-order valence-electron chi connectivity index (χ0n) is 35.6. The minimum atomic E-state index is -4.39. The Morgan fingerprint density at radius 3 is 1.91 bits per heavy atom. The molecule has 5 atom stereocenters. The molecule has 1 amide bonds. The Kier molecular flexibility index (Phi) is 34.2. The van der Waals surface area contributed by atoms with Crippen LogP contribution in [0.3, 0.4) is 0 Å². The number of amides is 1. The fourth-order valence-electron chi connectivity index (χ4n) is 5.37. The monoisotopic (exact) mass is 808 g/mol. The third-order valence-corrected chi connectivity index (χ3v) is 9.78. The molecular formula is C45H80N2O8P+. The summed E-state index contributed by atoms with van der Waals surface area (Å²) in [7, 11) is 1.42. The van der Waals surface area contributed by atoms with Gasteiger partial charge in [0.25, 0.3) is 0 Å². The number of quaternary nitrogens is 1. The molecule has 0 aromatic heterocycles. The molecule has 0 bridgehead atoms. The van der Waals surface area contributed by atoms with Gasteiger partial charge in [0.2, 0.25) is 5.91 Å². The maximum absolute atomic E-state index is 12.8. The molecule has 0 saturated carbocycles. The first-order chi connectivity index (χ1) is 26.8. The summed E-state index contributed by atoms with van der Waals surface area (Å²) in [5, 5.41) is 33.7. The molecule has 10 nitrogen and oxygen atoms in total. The Morgan fingerprint density at radius 2 is 1.29 bits per heavy atom. The van der Waals surface area contributed by atoms with Gasteiger partial charge in [0.15, 0.2) is 0 Å². The summed E-state index contributed by atoms with van der Waals surface area (Å²) in [4.78, 5) is 23.1. The molecule has 5 N–H and O–H groups in total. The number of aliphatic hydroxyl groups is 3. The summed E-state index contributed by atoms with van der Waals surface area (Å²) >= 11 is 0. The Bertz CT molecular complexity index is 1220. The van der Waals surface area contributed by atoms with Crippen molar-refractivity contribution in [3.63, 3.8) is 0 Å². The largest absolute Gasteiger partial charge is 0.472 e. The predicted molar refractivity (Wildman–Crippen MR) is 233 cm³/mol. The van der Waals surface area contributed by atoms with Crippen molar-refractivity contribution in [2.45, 2.75) is 154 Å². The van der Waals surface area contributed by atoms with Crippen LogP contribution in [0, 0.1) is 0 Å². The molecule has 11 heteroatoms. The minimum absolute atomic E-state index is 0.0189. The highest BCUT2D eigenvalue weighted by Crippen LogP contribution is 2.43.